The molecule has 0 amide bonds. The van der Waals surface area contributed by atoms with E-state index in [2.05, 4.69) is 0 Å². The highest BCUT2D eigenvalue weighted by atomic mass is 16.3. The number of fused-ring (bicyclic) bond motifs is 1. The van der Waals surface area contributed by atoms with Gasteiger partial charge in [0.1, 0.15) is 0 Å². The highest BCUT2D eigenvalue weighted by molar-refractivity contribution is 6.07. The highest BCUT2D eigenvalue weighted by Gasteiger charge is 2.49. The molecule has 0 fully saturated rings. The van der Waals surface area contributed by atoms with Crippen LogP contribution >= 0.6 is 0 Å². The summed E-state index contributed by atoms with van der Waals surface area (Å²) in [6.07, 6.45) is -0.481. The van der Waals surface area contributed by atoms with E-state index in [4.69, 9.17) is 5.11 Å². The number of aryl methyl sites for hydroxylation is 1. The molecule has 4 nitrogen and oxygen atoms in total. The van der Waals surface area contributed by atoms with Crippen LogP contribution in [0.1, 0.15) is 45.6 Å². The van der Waals surface area contributed by atoms with E-state index in [-0.39, 0.29) is 19.0 Å². The predicted octanol–water partition coefficient (Wildman–Crippen LogP) is 1.07. The second-order valence-electron chi connectivity index (χ2n) is 5.54. The van der Waals surface area contributed by atoms with E-state index in [1.54, 1.807) is 13.0 Å². The fourth-order valence-corrected chi connectivity index (χ4v) is 2.98. The average Bonchev–Trinajstić information content (AvgIpc) is 2.57. The fraction of sp³-hybridized carbons (Fsp3) is 0.533. The molecule has 0 bridgehead atoms. The summed E-state index contributed by atoms with van der Waals surface area (Å²) >= 11 is 0. The van der Waals surface area contributed by atoms with Gasteiger partial charge in [0.05, 0.1) is 18.1 Å². The molecule has 0 unspecified atom stereocenters. The molecule has 0 heterocycles. The van der Waals surface area contributed by atoms with Gasteiger partial charge in [-0.15, -0.1) is 0 Å². The number of ketones is 1. The van der Waals surface area contributed by atoms with Crippen LogP contribution in [0.25, 0.3) is 0 Å². The van der Waals surface area contributed by atoms with Gasteiger partial charge in [-0.1, -0.05) is 6.07 Å². The lowest BCUT2D eigenvalue weighted by atomic mass is 9.84. The molecule has 0 aliphatic heterocycles. The van der Waals surface area contributed by atoms with Crippen LogP contribution in [0.3, 0.4) is 0 Å². The van der Waals surface area contributed by atoms with Crippen molar-refractivity contribution in [1.29, 1.82) is 0 Å². The van der Waals surface area contributed by atoms with Gasteiger partial charge in [0.15, 0.2) is 5.78 Å². The molecular formula is C15H20O4. The number of Topliss-reactive ketones (excluding diaryl/α,β-unsaturated/α-hetero) is 1. The normalized spacial score (nSPS) is 25.8. The minimum Gasteiger partial charge on any atom is -0.396 e. The summed E-state index contributed by atoms with van der Waals surface area (Å²) in [7, 11) is 0. The van der Waals surface area contributed by atoms with Crippen LogP contribution in [0, 0.1) is 19.3 Å². The molecule has 4 heteroatoms. The maximum absolute atomic E-state index is 12.5. The number of hydrogen-bond acceptors (Lipinski definition) is 4. The first-order chi connectivity index (χ1) is 8.88. The average molecular weight is 264 g/mol. The van der Waals surface area contributed by atoms with Crippen molar-refractivity contribution < 1.29 is 20.1 Å². The van der Waals surface area contributed by atoms with Crippen LogP contribution in [0.4, 0.5) is 0 Å². The zero-order chi connectivity index (χ0) is 14.4. The summed E-state index contributed by atoms with van der Waals surface area (Å²) in [4.78, 5) is 12.5. The van der Waals surface area contributed by atoms with Crippen molar-refractivity contribution in [2.75, 3.05) is 13.2 Å². The van der Waals surface area contributed by atoms with E-state index in [0.717, 1.165) is 16.7 Å². The van der Waals surface area contributed by atoms with E-state index in [0.29, 0.717) is 17.5 Å². The molecule has 19 heavy (non-hydrogen) atoms. The van der Waals surface area contributed by atoms with Crippen molar-refractivity contribution in [1.82, 2.24) is 0 Å². The van der Waals surface area contributed by atoms with Gasteiger partial charge in [-0.05, 0) is 49.4 Å². The lowest BCUT2D eigenvalue weighted by molar-refractivity contribution is 0.0129. The molecule has 104 valence electrons. The largest absolute Gasteiger partial charge is 0.396 e. The Morgan fingerprint density at radius 1 is 1.32 bits per heavy atom. The summed E-state index contributed by atoms with van der Waals surface area (Å²) in [6.45, 7) is 4.97. The van der Waals surface area contributed by atoms with Gasteiger partial charge < -0.3 is 15.3 Å². The Bertz CT molecular complexity index is 535. The van der Waals surface area contributed by atoms with Crippen molar-refractivity contribution >= 4 is 5.78 Å². The predicted molar refractivity (Wildman–Crippen MR) is 71.2 cm³/mol. The number of benzene rings is 1. The maximum Gasteiger partial charge on any atom is 0.174 e. The van der Waals surface area contributed by atoms with E-state index in [9.17, 15) is 15.0 Å². The molecule has 0 aromatic heterocycles. The van der Waals surface area contributed by atoms with Crippen molar-refractivity contribution in [2.45, 2.75) is 33.3 Å². The van der Waals surface area contributed by atoms with Crippen molar-refractivity contribution in [3.05, 3.63) is 33.9 Å². The molecule has 0 spiro atoms. The smallest absolute Gasteiger partial charge is 0.174 e. The van der Waals surface area contributed by atoms with Crippen molar-refractivity contribution in [2.24, 2.45) is 5.41 Å². The van der Waals surface area contributed by atoms with E-state index in [1.807, 2.05) is 13.8 Å². The summed E-state index contributed by atoms with van der Waals surface area (Å²) in [5.74, 6) is -0.214. The molecular weight excluding hydrogens is 244 g/mol. The van der Waals surface area contributed by atoms with Gasteiger partial charge in [0.2, 0.25) is 0 Å². The van der Waals surface area contributed by atoms with E-state index >= 15 is 0 Å². The van der Waals surface area contributed by atoms with Gasteiger partial charge in [-0.3, -0.25) is 4.79 Å². The number of carbonyl (C=O) groups excluding carboxylic acids is 1. The third kappa shape index (κ3) is 1.83. The number of carbonyl (C=O) groups is 1. The van der Waals surface area contributed by atoms with Gasteiger partial charge in [0.25, 0.3) is 0 Å². The number of hydrogen-bond donors (Lipinski definition) is 3. The molecule has 3 N–H and O–H groups in total. The van der Waals surface area contributed by atoms with Crippen LogP contribution in [-0.2, 0) is 6.42 Å². The molecule has 1 aromatic carbocycles. The van der Waals surface area contributed by atoms with E-state index < -0.39 is 11.5 Å². The monoisotopic (exact) mass is 264 g/mol. The third-order valence-electron chi connectivity index (χ3n) is 4.30. The number of aliphatic hydroxyl groups is 3. The third-order valence-corrected chi connectivity index (χ3v) is 4.30. The van der Waals surface area contributed by atoms with Gasteiger partial charge in [-0.25, -0.2) is 0 Å². The van der Waals surface area contributed by atoms with Crippen LogP contribution < -0.4 is 0 Å². The fourth-order valence-electron chi connectivity index (χ4n) is 2.98. The Balaban J connectivity index is 2.67. The minimum atomic E-state index is -1.16. The maximum atomic E-state index is 12.5. The topological polar surface area (TPSA) is 77.8 Å². The molecule has 2 atom stereocenters. The first-order valence-corrected chi connectivity index (χ1v) is 6.46. The summed E-state index contributed by atoms with van der Waals surface area (Å²) in [6, 6.07) is 1.80. The molecule has 0 saturated carbocycles. The standard InChI is InChI=1S/C15H20O4/c1-8-6-11-12(9(2)10(8)4-5-16)14(19)15(3,7-17)13(11)18/h6,13,16-18H,4-5,7H2,1-3H3/t13-,15+/m1/s1. The van der Waals surface area contributed by atoms with Crippen LogP contribution in [0.2, 0.25) is 0 Å². The Kier molecular flexibility index (Phi) is 3.51. The Morgan fingerprint density at radius 3 is 2.47 bits per heavy atom. The zero-order valence-corrected chi connectivity index (χ0v) is 11.5. The van der Waals surface area contributed by atoms with Crippen LogP contribution in [0.5, 0.6) is 0 Å². The van der Waals surface area contributed by atoms with Gasteiger partial charge in [-0.2, -0.15) is 0 Å². The minimum absolute atomic E-state index is 0.0223. The summed E-state index contributed by atoms with van der Waals surface area (Å²) in [5, 5.41) is 28.9. The van der Waals surface area contributed by atoms with Crippen LogP contribution in [-0.4, -0.2) is 34.3 Å². The molecule has 0 saturated heterocycles. The molecule has 0 radical (unpaired) electrons. The van der Waals surface area contributed by atoms with Crippen molar-refractivity contribution in [3.63, 3.8) is 0 Å². The summed E-state index contributed by atoms with van der Waals surface area (Å²) < 4.78 is 0. The SMILES string of the molecule is Cc1cc2c(c(C)c1CCO)C(=O)[C@@](C)(CO)[C@@H]2O. The lowest BCUT2D eigenvalue weighted by Gasteiger charge is -2.23. The second kappa shape index (κ2) is 4.71. The number of aliphatic hydroxyl groups excluding tert-OH is 3. The van der Waals surface area contributed by atoms with Gasteiger partial charge in [0, 0.05) is 12.2 Å². The highest BCUT2D eigenvalue weighted by Crippen LogP contribution is 2.47. The molecule has 1 aliphatic rings. The Labute approximate surface area is 112 Å². The zero-order valence-electron chi connectivity index (χ0n) is 11.5. The quantitative estimate of drug-likeness (QED) is 0.763. The van der Waals surface area contributed by atoms with Crippen molar-refractivity contribution in [3.8, 4) is 0 Å². The molecule has 1 aromatic rings. The first kappa shape index (κ1) is 14.2. The molecule has 1 aliphatic carbocycles. The first-order valence-electron chi connectivity index (χ1n) is 6.46. The lowest BCUT2D eigenvalue weighted by Crippen LogP contribution is -2.32. The Morgan fingerprint density at radius 2 is 1.95 bits per heavy atom. The number of rotatable bonds is 3. The van der Waals surface area contributed by atoms with Crippen LogP contribution in [0.15, 0.2) is 6.07 Å². The second-order valence-corrected chi connectivity index (χ2v) is 5.54. The van der Waals surface area contributed by atoms with Gasteiger partial charge >= 0.3 is 0 Å². The Hall–Kier alpha value is -1.23. The van der Waals surface area contributed by atoms with E-state index in [1.165, 1.54) is 0 Å². The molecule has 2 rings (SSSR count). The summed E-state index contributed by atoms with van der Waals surface area (Å²) in [5.41, 5.74) is 2.67.